The number of ketones is 2. The second-order valence-corrected chi connectivity index (χ2v) is 8.96. The molecule has 0 N–H and O–H groups in total. The van der Waals surface area contributed by atoms with Crippen LogP contribution in [0.4, 0.5) is 0 Å². The average Bonchev–Trinajstić information content (AvgIpc) is 3.03. The number of hydrogen-bond acceptors (Lipinski definition) is 5. The van der Waals surface area contributed by atoms with Gasteiger partial charge in [-0.15, -0.1) is 0 Å². The Morgan fingerprint density at radius 2 is 1.48 bits per heavy atom. The molecule has 1 fully saturated rings. The highest BCUT2D eigenvalue weighted by molar-refractivity contribution is 9.10. The van der Waals surface area contributed by atoms with E-state index in [0.29, 0.717) is 24.2 Å². The van der Waals surface area contributed by atoms with E-state index in [1.54, 1.807) is 24.5 Å². The first kappa shape index (κ1) is 20.2. The van der Waals surface area contributed by atoms with Crippen LogP contribution in [0.1, 0.15) is 31.8 Å². The Bertz CT molecular complexity index is 1110. The predicted octanol–water partition coefficient (Wildman–Crippen LogP) is 3.94. The molecule has 2 heterocycles. The number of hydrogen-bond donors (Lipinski definition) is 0. The molecule has 0 amide bonds. The van der Waals surface area contributed by atoms with Crippen LogP contribution >= 0.6 is 15.9 Å². The molecule has 0 spiro atoms. The first-order chi connectivity index (χ1) is 15.1. The van der Waals surface area contributed by atoms with E-state index < -0.39 is 5.54 Å². The van der Waals surface area contributed by atoms with Crippen LogP contribution < -0.4 is 0 Å². The fraction of sp³-hybridized carbons (Fsp3) is 0.240. The summed E-state index contributed by atoms with van der Waals surface area (Å²) in [5.74, 6) is -0.234. The SMILES string of the molecule is O=C1c2ccccc2C(=O)C1(c1cccc(Br)c1)N1CCN(Cc2ccncc2)CC1. The topological polar surface area (TPSA) is 53.5 Å². The molecule has 1 aliphatic heterocycles. The van der Waals surface area contributed by atoms with Crippen LogP contribution in [-0.4, -0.2) is 52.5 Å². The summed E-state index contributed by atoms with van der Waals surface area (Å²) < 4.78 is 0.859. The van der Waals surface area contributed by atoms with Crippen LogP contribution in [0.15, 0.2) is 77.5 Å². The molecule has 0 atom stereocenters. The molecule has 0 unspecified atom stereocenters. The van der Waals surface area contributed by atoms with E-state index in [1.807, 2.05) is 48.5 Å². The Morgan fingerprint density at radius 1 is 0.839 bits per heavy atom. The molecular weight excluding hydrogens is 454 g/mol. The number of nitrogens with zero attached hydrogens (tertiary/aromatic N) is 3. The predicted molar refractivity (Wildman–Crippen MR) is 122 cm³/mol. The first-order valence-corrected chi connectivity index (χ1v) is 11.2. The van der Waals surface area contributed by atoms with Crippen molar-refractivity contribution >= 4 is 27.5 Å². The van der Waals surface area contributed by atoms with Gasteiger partial charge in [0.25, 0.3) is 0 Å². The summed E-state index contributed by atoms with van der Waals surface area (Å²) in [5.41, 5.74) is 1.69. The summed E-state index contributed by atoms with van der Waals surface area (Å²) in [7, 11) is 0. The average molecular weight is 476 g/mol. The second-order valence-electron chi connectivity index (χ2n) is 8.04. The van der Waals surface area contributed by atoms with Crippen molar-refractivity contribution in [3.8, 4) is 0 Å². The van der Waals surface area contributed by atoms with Gasteiger partial charge in [-0.1, -0.05) is 52.3 Å². The molecule has 1 saturated heterocycles. The highest BCUT2D eigenvalue weighted by Gasteiger charge is 2.58. The van der Waals surface area contributed by atoms with Gasteiger partial charge in [0.05, 0.1) is 0 Å². The molecule has 156 valence electrons. The number of benzene rings is 2. The molecule has 0 saturated carbocycles. The molecule has 5 rings (SSSR count). The molecule has 0 bridgehead atoms. The molecular formula is C25H22BrN3O2. The lowest BCUT2D eigenvalue weighted by Gasteiger charge is -2.44. The van der Waals surface area contributed by atoms with Crippen molar-refractivity contribution in [2.24, 2.45) is 0 Å². The zero-order valence-electron chi connectivity index (χ0n) is 17.0. The number of halogens is 1. The van der Waals surface area contributed by atoms with Gasteiger partial charge in [0.1, 0.15) is 0 Å². The van der Waals surface area contributed by atoms with Gasteiger partial charge in [0.15, 0.2) is 17.1 Å². The molecule has 1 aliphatic carbocycles. The van der Waals surface area contributed by atoms with Gasteiger partial charge in [-0.3, -0.25) is 24.4 Å². The Morgan fingerprint density at radius 3 is 2.10 bits per heavy atom. The fourth-order valence-corrected chi connectivity index (χ4v) is 5.20. The number of Topliss-reactive ketones (excluding diaryl/α,β-unsaturated/α-hetero) is 2. The van der Waals surface area contributed by atoms with Gasteiger partial charge >= 0.3 is 0 Å². The first-order valence-electron chi connectivity index (χ1n) is 10.4. The maximum atomic E-state index is 13.8. The zero-order valence-corrected chi connectivity index (χ0v) is 18.6. The molecule has 0 radical (unpaired) electrons. The molecule has 6 heteroatoms. The Hall–Kier alpha value is -2.67. The van der Waals surface area contributed by atoms with Gasteiger partial charge in [0.2, 0.25) is 0 Å². The summed E-state index contributed by atoms with van der Waals surface area (Å²) >= 11 is 3.52. The van der Waals surface area contributed by atoms with Crippen molar-refractivity contribution in [3.63, 3.8) is 0 Å². The Kier molecular flexibility index (Phi) is 5.30. The summed E-state index contributed by atoms with van der Waals surface area (Å²) in [6, 6.07) is 18.9. The largest absolute Gasteiger partial charge is 0.297 e. The molecule has 2 aliphatic rings. The highest BCUT2D eigenvalue weighted by Crippen LogP contribution is 2.43. The van der Waals surface area contributed by atoms with Crippen LogP contribution in [0.3, 0.4) is 0 Å². The minimum atomic E-state index is -1.30. The minimum absolute atomic E-state index is 0.117. The van der Waals surface area contributed by atoms with Gasteiger partial charge in [-0.05, 0) is 35.4 Å². The maximum absolute atomic E-state index is 13.8. The van der Waals surface area contributed by atoms with E-state index in [0.717, 1.165) is 29.7 Å². The second kappa shape index (κ2) is 8.11. The summed E-state index contributed by atoms with van der Waals surface area (Å²) in [5, 5.41) is 0. The number of piperazine rings is 1. The number of carbonyl (C=O) groups excluding carboxylic acids is 2. The lowest BCUT2D eigenvalue weighted by molar-refractivity contribution is 0.0279. The van der Waals surface area contributed by atoms with Crippen LogP contribution in [-0.2, 0) is 12.1 Å². The molecule has 2 aromatic carbocycles. The third-order valence-corrected chi connectivity index (χ3v) is 6.81. The lowest BCUT2D eigenvalue weighted by Crippen LogP contribution is -2.60. The van der Waals surface area contributed by atoms with Crippen molar-refractivity contribution in [3.05, 3.63) is 99.8 Å². The van der Waals surface area contributed by atoms with E-state index in [1.165, 1.54) is 5.56 Å². The standard InChI is InChI=1S/C25H22BrN3O2/c26-20-5-3-4-19(16-20)25(23(30)21-6-1-2-7-22(21)24(25)31)29-14-12-28(13-15-29)17-18-8-10-27-11-9-18/h1-11,16H,12-15,17H2. The van der Waals surface area contributed by atoms with Gasteiger partial charge in [-0.25, -0.2) is 0 Å². The number of rotatable bonds is 4. The quantitative estimate of drug-likeness (QED) is 0.535. The van der Waals surface area contributed by atoms with E-state index >= 15 is 0 Å². The lowest BCUT2D eigenvalue weighted by atomic mass is 9.82. The van der Waals surface area contributed by atoms with Crippen molar-refractivity contribution in [1.29, 1.82) is 0 Å². The number of aromatic nitrogens is 1. The maximum Gasteiger partial charge on any atom is 0.196 e. The van der Waals surface area contributed by atoms with E-state index in [4.69, 9.17) is 0 Å². The molecule has 31 heavy (non-hydrogen) atoms. The normalized spacial score (nSPS) is 18.9. The summed E-state index contributed by atoms with van der Waals surface area (Å²) in [6.45, 7) is 3.69. The smallest absolute Gasteiger partial charge is 0.196 e. The molecule has 5 nitrogen and oxygen atoms in total. The third-order valence-electron chi connectivity index (χ3n) is 6.32. The number of fused-ring (bicyclic) bond motifs is 1. The zero-order chi connectivity index (χ0) is 21.4. The Balaban J connectivity index is 1.49. The van der Waals surface area contributed by atoms with Crippen LogP contribution in [0.2, 0.25) is 0 Å². The minimum Gasteiger partial charge on any atom is -0.297 e. The van der Waals surface area contributed by atoms with Crippen molar-refractivity contribution in [2.75, 3.05) is 26.2 Å². The molecule has 3 aromatic rings. The van der Waals surface area contributed by atoms with Gasteiger partial charge in [0, 0.05) is 60.7 Å². The summed E-state index contributed by atoms with van der Waals surface area (Å²) in [4.78, 5) is 36.2. The highest BCUT2D eigenvalue weighted by atomic mass is 79.9. The Labute approximate surface area is 189 Å². The monoisotopic (exact) mass is 475 g/mol. The van der Waals surface area contributed by atoms with Crippen molar-refractivity contribution < 1.29 is 9.59 Å². The molecule has 1 aromatic heterocycles. The van der Waals surface area contributed by atoms with Crippen molar-refractivity contribution in [1.82, 2.24) is 14.8 Å². The van der Waals surface area contributed by atoms with E-state index in [2.05, 4.69) is 30.7 Å². The van der Waals surface area contributed by atoms with E-state index in [-0.39, 0.29) is 11.6 Å². The third kappa shape index (κ3) is 3.35. The van der Waals surface area contributed by atoms with Crippen molar-refractivity contribution in [2.45, 2.75) is 12.1 Å². The van der Waals surface area contributed by atoms with Gasteiger partial charge < -0.3 is 0 Å². The van der Waals surface area contributed by atoms with Gasteiger partial charge in [-0.2, -0.15) is 0 Å². The van der Waals surface area contributed by atoms with E-state index in [9.17, 15) is 9.59 Å². The van der Waals surface area contributed by atoms with Crippen LogP contribution in [0.5, 0.6) is 0 Å². The fourth-order valence-electron chi connectivity index (χ4n) is 4.81. The van der Waals surface area contributed by atoms with Crippen LogP contribution in [0.25, 0.3) is 0 Å². The number of pyridine rings is 1. The van der Waals surface area contributed by atoms with Crippen LogP contribution in [0, 0.1) is 0 Å². The number of carbonyl (C=O) groups is 2. The summed E-state index contributed by atoms with van der Waals surface area (Å²) in [6.07, 6.45) is 3.61.